The van der Waals surface area contributed by atoms with Crippen LogP contribution in [0.15, 0.2) is 11.2 Å². The molecule has 11 nitrogen and oxygen atoms in total. The summed E-state index contributed by atoms with van der Waals surface area (Å²) in [5, 5.41) is 9.06. The molecule has 2 aliphatic heterocycles. The molecule has 0 unspecified atom stereocenters. The molecule has 2 atom stereocenters. The SMILES string of the molecule is CN=C(NOS(N)(=O)=O)[C@@H]1c2c(cnn2C)[C@@H]2CN1C(=O)N2C. The minimum atomic E-state index is -4.21. The van der Waals surface area contributed by atoms with Crippen molar-refractivity contribution in [2.24, 2.45) is 17.2 Å². The predicted molar refractivity (Wildman–Crippen MR) is 79.2 cm³/mol. The van der Waals surface area contributed by atoms with Gasteiger partial charge < -0.3 is 9.80 Å². The maximum atomic E-state index is 12.5. The zero-order chi connectivity index (χ0) is 16.9. The standard InChI is InChI=1S/C11H17N7O4S/c1-13-10(15-22-23(12,20)21)9-8-6(4-14-17(8)3)7-5-18(9)11(19)16(7)2/h4,7,9H,5H2,1-3H3,(H,13,15)(H2,12,20,21)/t7-,9-/m0/s1. The molecule has 3 N–H and O–H groups in total. The Kier molecular flexibility index (Phi) is 3.54. The smallest absolute Gasteiger partial charge is 0.319 e. The highest BCUT2D eigenvalue weighted by Crippen LogP contribution is 2.42. The summed E-state index contributed by atoms with van der Waals surface area (Å²) in [6, 6.07) is -0.924. The largest absolute Gasteiger partial charge is 0.354 e. The maximum absolute atomic E-state index is 12.5. The monoisotopic (exact) mass is 343 g/mol. The molecule has 0 aromatic carbocycles. The highest BCUT2D eigenvalue weighted by Gasteiger charge is 2.49. The first-order chi connectivity index (χ1) is 10.7. The summed E-state index contributed by atoms with van der Waals surface area (Å²) in [5.74, 6) is 0.144. The van der Waals surface area contributed by atoms with Crippen LogP contribution in [0.5, 0.6) is 0 Å². The number of aromatic nitrogens is 2. The van der Waals surface area contributed by atoms with Gasteiger partial charge in [-0.05, 0) is 0 Å². The van der Waals surface area contributed by atoms with Crippen molar-refractivity contribution in [3.63, 3.8) is 0 Å². The van der Waals surface area contributed by atoms with Crippen LogP contribution in [0.25, 0.3) is 0 Å². The van der Waals surface area contributed by atoms with Crippen molar-refractivity contribution in [2.75, 3.05) is 20.6 Å². The number of carbonyl (C=O) groups is 1. The topological polar surface area (TPSA) is 135 Å². The molecule has 0 radical (unpaired) electrons. The molecule has 2 bridgehead atoms. The van der Waals surface area contributed by atoms with E-state index < -0.39 is 16.3 Å². The quantitative estimate of drug-likeness (QED) is 0.395. The highest BCUT2D eigenvalue weighted by molar-refractivity contribution is 7.84. The zero-order valence-electron chi connectivity index (χ0n) is 12.8. The molecule has 1 aromatic rings. The van der Waals surface area contributed by atoms with Crippen LogP contribution in [-0.2, 0) is 21.6 Å². The number of nitrogens with one attached hydrogen (secondary N) is 1. The number of nitrogens with two attached hydrogens (primary N) is 1. The number of aliphatic imine (C=N–C) groups is 1. The summed E-state index contributed by atoms with van der Waals surface area (Å²) in [6.07, 6.45) is 1.70. The second-order valence-corrected chi connectivity index (χ2v) is 6.51. The molecule has 3 heterocycles. The molecule has 1 saturated heterocycles. The van der Waals surface area contributed by atoms with Crippen molar-refractivity contribution in [3.05, 3.63) is 17.5 Å². The normalized spacial score (nSPS) is 24.2. The van der Waals surface area contributed by atoms with Crippen LogP contribution in [0.3, 0.4) is 0 Å². The lowest BCUT2D eigenvalue weighted by Gasteiger charge is -2.32. The summed E-state index contributed by atoms with van der Waals surface area (Å²) in [6.45, 7) is 0.453. The number of amides is 2. The van der Waals surface area contributed by atoms with Crippen LogP contribution in [0.4, 0.5) is 4.79 Å². The fraction of sp³-hybridized carbons (Fsp3) is 0.545. The number of amidine groups is 1. The van der Waals surface area contributed by atoms with Gasteiger partial charge in [-0.1, -0.05) is 0 Å². The molecule has 126 valence electrons. The predicted octanol–water partition coefficient (Wildman–Crippen LogP) is -1.36. The number of hydroxylamine groups is 1. The van der Waals surface area contributed by atoms with Crippen LogP contribution < -0.4 is 10.6 Å². The second kappa shape index (κ2) is 5.18. The summed E-state index contributed by atoms with van der Waals surface area (Å²) in [7, 11) is 0.709. The number of hydrogen-bond donors (Lipinski definition) is 2. The molecule has 3 rings (SSSR count). The number of fused-ring (bicyclic) bond motifs is 4. The zero-order valence-corrected chi connectivity index (χ0v) is 13.6. The Morgan fingerprint density at radius 3 is 2.83 bits per heavy atom. The first kappa shape index (κ1) is 15.7. The Balaban J connectivity index is 2.04. The molecule has 1 fully saturated rings. The van der Waals surface area contributed by atoms with Gasteiger partial charge in [-0.3, -0.25) is 9.67 Å². The van der Waals surface area contributed by atoms with Crippen molar-refractivity contribution in [2.45, 2.75) is 12.1 Å². The average molecular weight is 343 g/mol. The third kappa shape index (κ3) is 2.44. The molecular formula is C11H17N7O4S. The van der Waals surface area contributed by atoms with E-state index >= 15 is 0 Å². The van der Waals surface area contributed by atoms with Gasteiger partial charge >= 0.3 is 16.3 Å². The summed E-state index contributed by atoms with van der Waals surface area (Å²) in [4.78, 5) is 19.7. The fourth-order valence-corrected chi connectivity index (χ4v) is 3.25. The Bertz CT molecular complexity index is 786. The number of nitrogens with zero attached hydrogens (tertiary/aromatic N) is 5. The van der Waals surface area contributed by atoms with E-state index in [0.29, 0.717) is 6.54 Å². The minimum Gasteiger partial charge on any atom is -0.319 e. The van der Waals surface area contributed by atoms with Gasteiger partial charge in [-0.25, -0.2) is 15.4 Å². The number of likely N-dealkylation sites (N-methyl/N-ethyl adjacent to an activating group) is 1. The van der Waals surface area contributed by atoms with E-state index in [-0.39, 0.29) is 17.9 Å². The minimum absolute atomic E-state index is 0.0975. The lowest BCUT2D eigenvalue weighted by Crippen LogP contribution is -2.45. The van der Waals surface area contributed by atoms with Crippen molar-refractivity contribution >= 4 is 22.2 Å². The number of urea groups is 1. The third-order valence-corrected chi connectivity index (χ3v) is 4.41. The number of hydrogen-bond acceptors (Lipinski definition) is 6. The molecule has 0 saturated carbocycles. The lowest BCUT2D eigenvalue weighted by atomic mass is 9.97. The van der Waals surface area contributed by atoms with Crippen molar-refractivity contribution < 1.29 is 17.5 Å². The van der Waals surface area contributed by atoms with E-state index in [1.54, 1.807) is 34.8 Å². The van der Waals surface area contributed by atoms with Gasteiger partial charge in [0, 0.05) is 33.3 Å². The third-order valence-electron chi connectivity index (χ3n) is 4.09. The van der Waals surface area contributed by atoms with E-state index in [9.17, 15) is 13.2 Å². The first-order valence-corrected chi connectivity index (χ1v) is 8.21. The van der Waals surface area contributed by atoms with E-state index in [4.69, 9.17) is 5.14 Å². The van der Waals surface area contributed by atoms with E-state index in [1.807, 2.05) is 0 Å². The van der Waals surface area contributed by atoms with E-state index in [1.165, 1.54) is 7.05 Å². The summed E-state index contributed by atoms with van der Waals surface area (Å²) in [5.41, 5.74) is 3.87. The number of carbonyl (C=O) groups excluding carboxylic acids is 1. The Labute approximate surface area is 132 Å². The molecule has 23 heavy (non-hydrogen) atoms. The van der Waals surface area contributed by atoms with Crippen molar-refractivity contribution in [1.82, 2.24) is 25.1 Å². The Morgan fingerprint density at radius 2 is 2.22 bits per heavy atom. The highest BCUT2D eigenvalue weighted by atomic mass is 32.2. The Morgan fingerprint density at radius 1 is 1.52 bits per heavy atom. The molecule has 2 aliphatic rings. The first-order valence-electron chi connectivity index (χ1n) is 6.73. The van der Waals surface area contributed by atoms with Crippen molar-refractivity contribution in [3.8, 4) is 0 Å². The van der Waals surface area contributed by atoms with E-state index in [2.05, 4.69) is 19.9 Å². The van der Waals surface area contributed by atoms with Gasteiger partial charge in [0.15, 0.2) is 5.84 Å². The van der Waals surface area contributed by atoms with Crippen LogP contribution in [0.2, 0.25) is 0 Å². The number of aryl methyl sites for hydroxylation is 1. The van der Waals surface area contributed by atoms with Gasteiger partial charge in [0.2, 0.25) is 0 Å². The molecule has 0 spiro atoms. The van der Waals surface area contributed by atoms with Crippen LogP contribution >= 0.6 is 0 Å². The molecule has 1 aromatic heterocycles. The van der Waals surface area contributed by atoms with Crippen LogP contribution in [0, 0.1) is 0 Å². The van der Waals surface area contributed by atoms with Gasteiger partial charge in [0.25, 0.3) is 0 Å². The molecular weight excluding hydrogens is 326 g/mol. The Hall–Kier alpha value is -2.18. The molecule has 2 amide bonds. The van der Waals surface area contributed by atoms with Gasteiger partial charge in [-0.2, -0.15) is 13.5 Å². The van der Waals surface area contributed by atoms with Crippen LogP contribution in [0.1, 0.15) is 23.3 Å². The molecule has 12 heteroatoms. The van der Waals surface area contributed by atoms with E-state index in [0.717, 1.165) is 11.3 Å². The number of rotatable bonds is 3. The summed E-state index contributed by atoms with van der Waals surface area (Å²) < 4.78 is 28.1. The van der Waals surface area contributed by atoms with Gasteiger partial charge in [-0.15, -0.1) is 4.28 Å². The van der Waals surface area contributed by atoms with Crippen LogP contribution in [-0.4, -0.2) is 60.5 Å². The second-order valence-electron chi connectivity index (χ2n) is 5.36. The average Bonchev–Trinajstić information content (AvgIpc) is 2.97. The molecule has 0 aliphatic carbocycles. The van der Waals surface area contributed by atoms with Gasteiger partial charge in [0.05, 0.1) is 17.9 Å². The maximum Gasteiger partial charge on any atom is 0.354 e. The fourth-order valence-electron chi connectivity index (χ4n) is 3.05. The lowest BCUT2D eigenvalue weighted by molar-refractivity contribution is 0.188. The summed E-state index contributed by atoms with van der Waals surface area (Å²) >= 11 is 0. The van der Waals surface area contributed by atoms with Crippen molar-refractivity contribution in [1.29, 1.82) is 0 Å². The van der Waals surface area contributed by atoms with Gasteiger partial charge in [0.1, 0.15) is 6.04 Å².